The van der Waals surface area contributed by atoms with Crippen LogP contribution in [0.25, 0.3) is 5.76 Å². The van der Waals surface area contributed by atoms with Gasteiger partial charge in [-0.25, -0.2) is 4.39 Å². The van der Waals surface area contributed by atoms with Crippen LogP contribution in [-0.2, 0) is 15.3 Å². The number of aromatic nitrogens is 2. The van der Waals surface area contributed by atoms with E-state index in [4.69, 9.17) is 32.7 Å². The molecule has 41 heavy (non-hydrogen) atoms. The number of aliphatic hydroxyl groups excluding tert-OH is 1. The fraction of sp³-hybridized carbons (Fsp3) is 0.143. The number of fused-ring (bicyclic) bond motifs is 1. The van der Waals surface area contributed by atoms with E-state index in [2.05, 4.69) is 10.2 Å². The lowest BCUT2D eigenvalue weighted by molar-refractivity contribution is -0.132. The highest BCUT2D eigenvalue weighted by atomic mass is 35.5. The molecule has 0 aliphatic carbocycles. The molecule has 0 saturated carbocycles. The van der Waals surface area contributed by atoms with Gasteiger partial charge in [0.25, 0.3) is 5.78 Å². The first-order valence-corrected chi connectivity index (χ1v) is 14.7. The molecule has 3 aromatic carbocycles. The molecule has 3 heterocycles. The quantitative estimate of drug-likeness (QED) is 0.0829. The van der Waals surface area contributed by atoms with Crippen molar-refractivity contribution in [3.8, 4) is 11.5 Å². The van der Waals surface area contributed by atoms with Crippen molar-refractivity contribution >= 4 is 68.9 Å². The summed E-state index contributed by atoms with van der Waals surface area (Å²) >= 11 is 15.0. The molecule has 2 aliphatic heterocycles. The van der Waals surface area contributed by atoms with Gasteiger partial charge >= 0.3 is 5.91 Å². The smallest absolute Gasteiger partial charge is 0.301 e. The van der Waals surface area contributed by atoms with Crippen LogP contribution in [0, 0.1) is 5.82 Å². The molecular formula is C28H18Cl2FN3O5S2. The monoisotopic (exact) mass is 629 g/mol. The van der Waals surface area contributed by atoms with E-state index in [1.165, 1.54) is 23.9 Å². The number of thioether (sulfide) groups is 1. The minimum Gasteiger partial charge on any atom is -0.507 e. The van der Waals surface area contributed by atoms with Crippen LogP contribution in [0.2, 0.25) is 10.0 Å². The van der Waals surface area contributed by atoms with Gasteiger partial charge in [-0.3, -0.25) is 14.5 Å². The molecular weight excluding hydrogens is 612 g/mol. The minimum absolute atomic E-state index is 0.111. The molecule has 0 bridgehead atoms. The lowest BCUT2D eigenvalue weighted by atomic mass is 9.95. The van der Waals surface area contributed by atoms with Gasteiger partial charge in [0.1, 0.15) is 24.8 Å². The number of amides is 1. The highest BCUT2D eigenvalue weighted by Crippen LogP contribution is 2.46. The Kier molecular flexibility index (Phi) is 7.60. The Morgan fingerprint density at radius 1 is 1.05 bits per heavy atom. The largest absolute Gasteiger partial charge is 0.507 e. The van der Waals surface area contributed by atoms with Gasteiger partial charge < -0.3 is 14.6 Å². The number of hydrogen-bond donors (Lipinski definition) is 1. The molecule has 208 valence electrons. The van der Waals surface area contributed by atoms with Crippen LogP contribution >= 0.6 is 46.3 Å². The first-order valence-electron chi connectivity index (χ1n) is 12.2. The molecule has 1 amide bonds. The van der Waals surface area contributed by atoms with E-state index >= 15 is 0 Å². The molecule has 13 heteroatoms. The van der Waals surface area contributed by atoms with E-state index in [1.807, 2.05) is 0 Å². The molecule has 1 unspecified atom stereocenters. The molecule has 1 N–H and O–H groups in total. The molecule has 4 aromatic rings. The molecule has 1 fully saturated rings. The second kappa shape index (κ2) is 11.3. The number of carbonyl (C=O) groups excluding carboxylic acids is 2. The number of nitrogens with zero attached hydrogens (tertiary/aromatic N) is 3. The summed E-state index contributed by atoms with van der Waals surface area (Å²) in [5.74, 6) is -1.41. The second-order valence-corrected chi connectivity index (χ2v) is 11.9. The number of anilines is 1. The average Bonchev–Trinajstić information content (AvgIpc) is 3.54. The Labute approximate surface area is 251 Å². The molecule has 1 saturated heterocycles. The van der Waals surface area contributed by atoms with E-state index in [0.29, 0.717) is 45.2 Å². The summed E-state index contributed by atoms with van der Waals surface area (Å²) in [5, 5.41) is 20.4. The van der Waals surface area contributed by atoms with Gasteiger partial charge in [-0.15, -0.1) is 10.2 Å². The standard InChI is InChI=1S/C28H18Cl2FN3O5S2/c29-16-6-7-17(18(30)12-16)23-22(24(35)14-5-8-20-21(11-14)39-10-9-38-20)25(36)26(37)34(23)27-32-33-28(41-27)40-13-15-3-1-2-4-19(15)31/h1-8,11-12,23,35H,9-10,13H2/b24-22+. The fourth-order valence-electron chi connectivity index (χ4n) is 4.51. The molecule has 1 aromatic heterocycles. The zero-order chi connectivity index (χ0) is 28.7. The van der Waals surface area contributed by atoms with Gasteiger partial charge in [-0.2, -0.15) is 0 Å². The Morgan fingerprint density at radius 3 is 2.61 bits per heavy atom. The van der Waals surface area contributed by atoms with E-state index < -0.39 is 23.5 Å². The Balaban J connectivity index is 1.41. The van der Waals surface area contributed by atoms with Crippen molar-refractivity contribution in [3.05, 3.63) is 98.8 Å². The predicted octanol–water partition coefficient (Wildman–Crippen LogP) is 6.67. The van der Waals surface area contributed by atoms with Crippen molar-refractivity contribution in [1.29, 1.82) is 0 Å². The van der Waals surface area contributed by atoms with Gasteiger partial charge in [-0.1, -0.05) is 70.6 Å². The number of rotatable bonds is 6. The summed E-state index contributed by atoms with van der Waals surface area (Å²) in [5.41, 5.74) is 0.902. The van der Waals surface area contributed by atoms with Gasteiger partial charge in [0.2, 0.25) is 5.13 Å². The molecule has 8 nitrogen and oxygen atoms in total. The summed E-state index contributed by atoms with van der Waals surface area (Å²) in [6.45, 7) is 0.719. The predicted molar refractivity (Wildman–Crippen MR) is 155 cm³/mol. The van der Waals surface area contributed by atoms with Crippen molar-refractivity contribution in [2.45, 2.75) is 16.1 Å². The SMILES string of the molecule is O=C1C(=O)N(c2nnc(SCc3ccccc3F)s2)C(c2ccc(Cl)cc2Cl)/C1=C(\O)c1ccc2c(c1)OCCO2. The Bertz CT molecular complexity index is 1730. The maximum absolute atomic E-state index is 14.1. The van der Waals surface area contributed by atoms with Crippen LogP contribution in [0.3, 0.4) is 0 Å². The van der Waals surface area contributed by atoms with Crippen LogP contribution < -0.4 is 14.4 Å². The van der Waals surface area contributed by atoms with Gasteiger partial charge in [0.15, 0.2) is 15.8 Å². The maximum atomic E-state index is 14.1. The summed E-state index contributed by atoms with van der Waals surface area (Å²) < 4.78 is 25.7. The molecule has 6 rings (SSSR count). The van der Waals surface area contributed by atoms with E-state index in [-0.39, 0.29) is 32.9 Å². The minimum atomic E-state index is -1.13. The maximum Gasteiger partial charge on any atom is 0.301 e. The van der Waals surface area contributed by atoms with Crippen molar-refractivity contribution in [2.75, 3.05) is 18.1 Å². The Hall–Kier alpha value is -3.64. The Morgan fingerprint density at radius 2 is 1.83 bits per heavy atom. The molecule has 2 aliphatic rings. The highest BCUT2D eigenvalue weighted by Gasteiger charge is 2.49. The number of halogens is 3. The van der Waals surface area contributed by atoms with Gasteiger partial charge in [0.05, 0.1) is 11.6 Å². The number of hydrogen-bond acceptors (Lipinski definition) is 9. The van der Waals surface area contributed by atoms with Crippen molar-refractivity contribution in [2.24, 2.45) is 0 Å². The summed E-state index contributed by atoms with van der Waals surface area (Å²) in [7, 11) is 0. The number of ketones is 1. The van der Waals surface area contributed by atoms with Crippen molar-refractivity contribution < 1.29 is 28.6 Å². The number of carbonyl (C=O) groups is 2. The summed E-state index contributed by atoms with van der Waals surface area (Å²) in [6.07, 6.45) is 0. The fourth-order valence-corrected chi connectivity index (χ4v) is 6.87. The van der Waals surface area contributed by atoms with E-state index in [9.17, 15) is 19.1 Å². The number of aliphatic hydroxyl groups is 1. The van der Waals surface area contributed by atoms with E-state index in [1.54, 1.807) is 48.5 Å². The van der Waals surface area contributed by atoms with Crippen LogP contribution in [0.15, 0.2) is 70.6 Å². The van der Waals surface area contributed by atoms with Crippen molar-refractivity contribution in [1.82, 2.24) is 10.2 Å². The number of Topliss-reactive ketones (excluding diaryl/α,β-unsaturated/α-hetero) is 1. The van der Waals surface area contributed by atoms with E-state index in [0.717, 1.165) is 16.2 Å². The molecule has 0 radical (unpaired) electrons. The normalized spacial score (nSPS) is 17.7. The third-order valence-corrected chi connectivity index (χ3v) is 9.10. The molecule has 0 spiro atoms. The second-order valence-electron chi connectivity index (χ2n) is 8.92. The highest BCUT2D eigenvalue weighted by molar-refractivity contribution is 8.00. The third-order valence-electron chi connectivity index (χ3n) is 6.43. The zero-order valence-electron chi connectivity index (χ0n) is 20.8. The van der Waals surface area contributed by atoms with Crippen LogP contribution in [0.5, 0.6) is 11.5 Å². The zero-order valence-corrected chi connectivity index (χ0v) is 24.0. The first-order chi connectivity index (χ1) is 19.8. The van der Waals surface area contributed by atoms with Crippen LogP contribution in [0.4, 0.5) is 9.52 Å². The van der Waals surface area contributed by atoms with Gasteiger partial charge in [0, 0.05) is 21.4 Å². The average molecular weight is 631 g/mol. The van der Waals surface area contributed by atoms with Crippen LogP contribution in [-0.4, -0.2) is 40.2 Å². The number of benzene rings is 3. The number of ether oxygens (including phenoxy) is 2. The summed E-state index contributed by atoms with van der Waals surface area (Å²) in [6, 6.07) is 14.6. The summed E-state index contributed by atoms with van der Waals surface area (Å²) in [4.78, 5) is 28.1. The lowest BCUT2D eigenvalue weighted by Gasteiger charge is -2.24. The lowest BCUT2D eigenvalue weighted by Crippen LogP contribution is -2.29. The topological polar surface area (TPSA) is 102 Å². The molecule has 1 atom stereocenters. The van der Waals surface area contributed by atoms with Crippen LogP contribution in [0.1, 0.15) is 22.7 Å². The van der Waals surface area contributed by atoms with Gasteiger partial charge in [-0.05, 0) is 47.5 Å². The third kappa shape index (κ3) is 5.26. The first kappa shape index (κ1) is 27.5. The van der Waals surface area contributed by atoms with Crippen molar-refractivity contribution in [3.63, 3.8) is 0 Å².